The summed E-state index contributed by atoms with van der Waals surface area (Å²) in [6.07, 6.45) is 7.58. The Morgan fingerprint density at radius 1 is 1.06 bits per heavy atom. The Kier molecular flexibility index (Phi) is 4.90. The molecule has 0 aromatic heterocycles. The van der Waals surface area contributed by atoms with Crippen molar-refractivity contribution < 1.29 is 0 Å². The van der Waals surface area contributed by atoms with Crippen molar-refractivity contribution in [1.82, 2.24) is 0 Å². The Morgan fingerprint density at radius 2 is 1.56 bits per heavy atom. The molecule has 1 unspecified atom stereocenters. The summed E-state index contributed by atoms with van der Waals surface area (Å²) in [5.74, 6) is 6.26. The molecule has 0 aliphatic heterocycles. The van der Waals surface area contributed by atoms with Gasteiger partial charge in [-0.25, -0.2) is 0 Å². The van der Waals surface area contributed by atoms with E-state index in [1.165, 1.54) is 0 Å². The lowest BCUT2D eigenvalue weighted by molar-refractivity contribution is 0.169. The van der Waals surface area contributed by atoms with Crippen LogP contribution < -0.4 is 0 Å². The highest BCUT2D eigenvalue weighted by atomic mass is 28.3. The molecule has 0 radical (unpaired) electrons. The highest BCUT2D eigenvalue weighted by Crippen LogP contribution is 2.41. The molecule has 16 heavy (non-hydrogen) atoms. The fraction of sp³-hybridized carbons (Fsp3) is 0.733. The molecule has 0 rings (SSSR count). The summed E-state index contributed by atoms with van der Waals surface area (Å²) in [6.45, 7) is 15.6. The first-order valence-electron chi connectivity index (χ1n) is 6.00. The van der Waals surface area contributed by atoms with Gasteiger partial charge in [-0.3, -0.25) is 0 Å². The Balaban J connectivity index is 4.50. The van der Waals surface area contributed by atoms with Crippen LogP contribution in [0.15, 0.2) is 0 Å². The van der Waals surface area contributed by atoms with Gasteiger partial charge in [0.15, 0.2) is 0 Å². The number of rotatable bonds is 2. The summed E-state index contributed by atoms with van der Waals surface area (Å²) in [4.78, 5) is 0. The predicted molar refractivity (Wildman–Crippen MR) is 76.8 cm³/mol. The summed E-state index contributed by atoms with van der Waals surface area (Å²) >= 11 is 0. The van der Waals surface area contributed by atoms with Crippen LogP contribution >= 0.6 is 0 Å². The SMILES string of the molecule is C#CC(C)(CCC#C[Si](C)(C)C)C(C)(C)C. The van der Waals surface area contributed by atoms with Gasteiger partial charge in [0.2, 0.25) is 0 Å². The van der Waals surface area contributed by atoms with Crippen molar-refractivity contribution in [3.05, 3.63) is 0 Å². The molecule has 90 valence electrons. The van der Waals surface area contributed by atoms with E-state index in [-0.39, 0.29) is 10.8 Å². The Labute approximate surface area is 103 Å². The third kappa shape index (κ3) is 4.91. The van der Waals surface area contributed by atoms with Crippen LogP contribution in [0, 0.1) is 34.6 Å². The molecular formula is C15H26Si. The van der Waals surface area contributed by atoms with Gasteiger partial charge in [0.05, 0.1) is 0 Å². The summed E-state index contributed by atoms with van der Waals surface area (Å²) in [7, 11) is -1.22. The molecule has 0 nitrogen and oxygen atoms in total. The van der Waals surface area contributed by atoms with E-state index in [1.807, 2.05) is 0 Å². The predicted octanol–water partition coefficient (Wildman–Crippen LogP) is 4.33. The van der Waals surface area contributed by atoms with E-state index in [0.29, 0.717) is 0 Å². The molecule has 0 spiro atoms. The molecule has 0 aliphatic rings. The number of hydrogen-bond donors (Lipinski definition) is 0. The van der Waals surface area contributed by atoms with Crippen LogP contribution in [0.3, 0.4) is 0 Å². The minimum atomic E-state index is -1.22. The van der Waals surface area contributed by atoms with Crippen molar-refractivity contribution in [2.45, 2.75) is 60.2 Å². The summed E-state index contributed by atoms with van der Waals surface area (Å²) in [6, 6.07) is 0. The quantitative estimate of drug-likeness (QED) is 0.493. The highest BCUT2D eigenvalue weighted by molar-refractivity contribution is 6.83. The van der Waals surface area contributed by atoms with Gasteiger partial charge in [0.1, 0.15) is 8.07 Å². The number of hydrogen-bond acceptors (Lipinski definition) is 0. The Morgan fingerprint density at radius 3 is 1.88 bits per heavy atom. The molecule has 0 heterocycles. The minimum absolute atomic E-state index is 0.0544. The average molecular weight is 234 g/mol. The smallest absolute Gasteiger partial charge is 0.129 e. The minimum Gasteiger partial charge on any atom is -0.132 e. The highest BCUT2D eigenvalue weighted by Gasteiger charge is 2.34. The molecular weight excluding hydrogens is 208 g/mol. The second-order valence-electron chi connectivity index (χ2n) is 6.78. The van der Waals surface area contributed by atoms with Gasteiger partial charge in [-0.15, -0.1) is 17.9 Å². The molecule has 0 N–H and O–H groups in total. The van der Waals surface area contributed by atoms with Crippen molar-refractivity contribution >= 4 is 8.07 Å². The molecule has 0 saturated heterocycles. The third-order valence-corrected chi connectivity index (χ3v) is 4.11. The fourth-order valence-electron chi connectivity index (χ4n) is 1.30. The normalized spacial score (nSPS) is 15.6. The first kappa shape index (κ1) is 15.3. The van der Waals surface area contributed by atoms with E-state index in [1.54, 1.807) is 0 Å². The average Bonchev–Trinajstić information content (AvgIpc) is 2.08. The standard InChI is InChI=1S/C15H26Si/c1-9-15(5,14(2,3)4)12-10-11-13-16(6,7)8/h1H,10,12H2,2-8H3. The zero-order valence-electron chi connectivity index (χ0n) is 12.0. The van der Waals surface area contributed by atoms with Crippen molar-refractivity contribution in [1.29, 1.82) is 0 Å². The second kappa shape index (κ2) is 5.11. The fourth-order valence-corrected chi connectivity index (χ4v) is 1.96. The largest absolute Gasteiger partial charge is 0.132 e. The van der Waals surface area contributed by atoms with E-state index in [9.17, 15) is 0 Å². The van der Waals surface area contributed by atoms with Gasteiger partial charge in [-0.2, -0.15) is 0 Å². The second-order valence-corrected chi connectivity index (χ2v) is 11.5. The first-order valence-corrected chi connectivity index (χ1v) is 9.50. The Bertz CT molecular complexity index is 322. The van der Waals surface area contributed by atoms with E-state index in [0.717, 1.165) is 12.8 Å². The third-order valence-electron chi connectivity index (χ3n) is 3.19. The van der Waals surface area contributed by atoms with E-state index in [2.05, 4.69) is 64.7 Å². The van der Waals surface area contributed by atoms with E-state index >= 15 is 0 Å². The van der Waals surface area contributed by atoms with Gasteiger partial charge in [-0.1, -0.05) is 46.3 Å². The molecule has 0 aromatic rings. The van der Waals surface area contributed by atoms with Crippen LogP contribution in [0.25, 0.3) is 0 Å². The summed E-state index contributed by atoms with van der Waals surface area (Å²) < 4.78 is 0. The zero-order valence-corrected chi connectivity index (χ0v) is 13.0. The lowest BCUT2D eigenvalue weighted by Gasteiger charge is -2.37. The molecule has 0 amide bonds. The molecule has 0 aromatic carbocycles. The molecule has 0 aliphatic carbocycles. The Hall–Kier alpha value is -0.663. The summed E-state index contributed by atoms with van der Waals surface area (Å²) in [5.41, 5.74) is 3.48. The van der Waals surface area contributed by atoms with Crippen LogP contribution in [0.1, 0.15) is 40.5 Å². The molecule has 0 fully saturated rings. The molecule has 1 atom stereocenters. The van der Waals surface area contributed by atoms with Crippen LogP contribution in [0.5, 0.6) is 0 Å². The van der Waals surface area contributed by atoms with Crippen molar-refractivity contribution in [2.75, 3.05) is 0 Å². The number of terminal acetylenes is 1. The topological polar surface area (TPSA) is 0 Å². The van der Waals surface area contributed by atoms with E-state index in [4.69, 9.17) is 6.42 Å². The van der Waals surface area contributed by atoms with Gasteiger partial charge in [0, 0.05) is 11.8 Å². The molecule has 1 heteroatoms. The summed E-state index contributed by atoms with van der Waals surface area (Å²) in [5, 5.41) is 0. The molecule has 0 bridgehead atoms. The monoisotopic (exact) mass is 234 g/mol. The zero-order chi connectivity index (χ0) is 13.0. The van der Waals surface area contributed by atoms with Gasteiger partial charge < -0.3 is 0 Å². The van der Waals surface area contributed by atoms with E-state index < -0.39 is 8.07 Å². The first-order chi connectivity index (χ1) is 7.02. The van der Waals surface area contributed by atoms with Crippen molar-refractivity contribution in [3.8, 4) is 23.8 Å². The maximum Gasteiger partial charge on any atom is 0.129 e. The van der Waals surface area contributed by atoms with Crippen molar-refractivity contribution in [3.63, 3.8) is 0 Å². The van der Waals surface area contributed by atoms with Gasteiger partial charge in [-0.05, 0) is 18.8 Å². The van der Waals surface area contributed by atoms with Crippen LogP contribution in [-0.4, -0.2) is 8.07 Å². The van der Waals surface area contributed by atoms with Crippen molar-refractivity contribution in [2.24, 2.45) is 10.8 Å². The maximum atomic E-state index is 5.67. The lowest BCUT2D eigenvalue weighted by atomic mass is 9.66. The van der Waals surface area contributed by atoms with Gasteiger partial charge in [0.25, 0.3) is 0 Å². The van der Waals surface area contributed by atoms with Crippen LogP contribution in [0.2, 0.25) is 19.6 Å². The van der Waals surface area contributed by atoms with Crippen LogP contribution in [-0.2, 0) is 0 Å². The van der Waals surface area contributed by atoms with Crippen LogP contribution in [0.4, 0.5) is 0 Å². The van der Waals surface area contributed by atoms with Gasteiger partial charge >= 0.3 is 0 Å². The lowest BCUT2D eigenvalue weighted by Crippen LogP contribution is -2.31. The molecule has 0 saturated carbocycles. The maximum absolute atomic E-state index is 5.67.